The molecule has 1 aliphatic heterocycles. The van der Waals surface area contributed by atoms with Crippen LogP contribution < -0.4 is 10.1 Å². The minimum absolute atomic E-state index is 0.152. The van der Waals surface area contributed by atoms with Crippen molar-refractivity contribution in [2.45, 2.75) is 25.5 Å². The highest BCUT2D eigenvalue weighted by Crippen LogP contribution is 2.26. The Balaban J connectivity index is 1.26. The maximum atomic E-state index is 13.0. The fourth-order valence-electron chi connectivity index (χ4n) is 4.47. The van der Waals surface area contributed by atoms with Gasteiger partial charge in [-0.3, -0.25) is 20.0 Å². The van der Waals surface area contributed by atoms with Crippen molar-refractivity contribution >= 4 is 35.1 Å². The Hall–Kier alpha value is -4.25. The summed E-state index contributed by atoms with van der Waals surface area (Å²) in [5.41, 5.74) is 3.32. The summed E-state index contributed by atoms with van der Waals surface area (Å²) in [5, 5.41) is 19.0. The second-order valence-corrected chi connectivity index (χ2v) is 9.07. The number of likely N-dealkylation sites (tertiary alicyclic amines) is 1. The van der Waals surface area contributed by atoms with Gasteiger partial charge in [0.1, 0.15) is 18.2 Å². The topological polar surface area (TPSA) is 136 Å². The number of carbonyl (C=O) groups excluding carboxylic acids is 1. The number of nitrogens with zero attached hydrogens (tertiary/aromatic N) is 3. The van der Waals surface area contributed by atoms with E-state index in [-0.39, 0.29) is 29.7 Å². The van der Waals surface area contributed by atoms with Crippen molar-refractivity contribution in [1.29, 1.82) is 0 Å². The highest BCUT2D eigenvalue weighted by atomic mass is 32.1. The molecule has 0 aliphatic carbocycles. The Bertz CT molecular complexity index is 1480. The molecular formula is C25H24N6O4S. The predicted octanol–water partition coefficient (Wildman–Crippen LogP) is 3.78. The molecule has 4 N–H and O–H groups in total. The van der Waals surface area contributed by atoms with Crippen molar-refractivity contribution in [2.24, 2.45) is 0 Å². The molecule has 36 heavy (non-hydrogen) atoms. The largest absolute Gasteiger partial charge is 0.489 e. The SMILES string of the molecule is Cc1cc(COc2ccc(C(=O)NC3CN(C(=O)O)CC3c3nc(=S)[nH][nH]3)cc2)c2ccccc2n1. The molecule has 0 bridgehead atoms. The van der Waals surface area contributed by atoms with Gasteiger partial charge in [-0.15, -0.1) is 0 Å². The van der Waals surface area contributed by atoms with Crippen molar-refractivity contribution in [3.05, 3.63) is 82.0 Å². The number of aryl methyl sites for hydroxylation is 1. The number of rotatable bonds is 6. The fourth-order valence-corrected chi connectivity index (χ4v) is 4.62. The van der Waals surface area contributed by atoms with E-state index in [2.05, 4.69) is 25.5 Å². The molecule has 11 heteroatoms. The van der Waals surface area contributed by atoms with Crippen LogP contribution in [-0.2, 0) is 6.61 Å². The number of benzene rings is 2. The molecule has 2 aromatic heterocycles. The number of aromatic nitrogens is 4. The number of para-hydroxylation sites is 1. The summed E-state index contributed by atoms with van der Waals surface area (Å²) in [6.07, 6.45) is -1.05. The summed E-state index contributed by atoms with van der Waals surface area (Å²) in [5.74, 6) is 0.481. The van der Waals surface area contributed by atoms with Crippen LogP contribution in [0.2, 0.25) is 0 Å². The Kier molecular flexibility index (Phi) is 6.38. The molecule has 2 aromatic carbocycles. The van der Waals surface area contributed by atoms with Crippen molar-refractivity contribution in [3.63, 3.8) is 0 Å². The minimum Gasteiger partial charge on any atom is -0.489 e. The van der Waals surface area contributed by atoms with E-state index in [0.29, 0.717) is 23.7 Å². The maximum absolute atomic E-state index is 13.0. The van der Waals surface area contributed by atoms with E-state index in [1.54, 1.807) is 24.3 Å². The number of ether oxygens (including phenoxy) is 1. The summed E-state index contributed by atoms with van der Waals surface area (Å²) >= 11 is 5.02. The number of fused-ring (bicyclic) bond motifs is 1. The Morgan fingerprint density at radius 2 is 1.92 bits per heavy atom. The van der Waals surface area contributed by atoms with E-state index in [0.717, 1.165) is 22.2 Å². The maximum Gasteiger partial charge on any atom is 0.407 e. The lowest BCUT2D eigenvalue weighted by molar-refractivity contribution is 0.0933. The normalized spacial score (nSPS) is 17.3. The number of H-pyrrole nitrogens is 2. The molecule has 2 atom stereocenters. The van der Waals surface area contributed by atoms with Crippen molar-refractivity contribution in [1.82, 2.24) is 30.4 Å². The van der Waals surface area contributed by atoms with Gasteiger partial charge in [0.25, 0.3) is 5.91 Å². The minimum atomic E-state index is -1.05. The Morgan fingerprint density at radius 3 is 2.64 bits per heavy atom. The molecule has 2 unspecified atom stereocenters. The second-order valence-electron chi connectivity index (χ2n) is 8.68. The van der Waals surface area contributed by atoms with Gasteiger partial charge < -0.3 is 20.1 Å². The van der Waals surface area contributed by atoms with Gasteiger partial charge in [0.15, 0.2) is 0 Å². The number of pyridine rings is 1. The van der Waals surface area contributed by atoms with E-state index < -0.39 is 12.1 Å². The van der Waals surface area contributed by atoms with Gasteiger partial charge in [-0.05, 0) is 55.5 Å². The lowest BCUT2D eigenvalue weighted by Crippen LogP contribution is -2.40. The van der Waals surface area contributed by atoms with Crippen LogP contribution in [0.5, 0.6) is 5.75 Å². The summed E-state index contributed by atoms with van der Waals surface area (Å²) in [6, 6.07) is 16.3. The zero-order valence-electron chi connectivity index (χ0n) is 19.4. The lowest BCUT2D eigenvalue weighted by atomic mass is 10.0. The van der Waals surface area contributed by atoms with Crippen LogP contribution >= 0.6 is 12.2 Å². The number of hydrogen-bond acceptors (Lipinski definition) is 6. The van der Waals surface area contributed by atoms with Crippen LogP contribution in [0.1, 0.15) is 33.4 Å². The van der Waals surface area contributed by atoms with Crippen LogP contribution in [0.3, 0.4) is 0 Å². The van der Waals surface area contributed by atoms with Crippen LogP contribution in [0.4, 0.5) is 4.79 Å². The lowest BCUT2D eigenvalue weighted by Gasteiger charge is -2.18. The second kappa shape index (κ2) is 9.78. The molecule has 3 heterocycles. The molecule has 10 nitrogen and oxygen atoms in total. The van der Waals surface area contributed by atoms with Crippen LogP contribution in [-0.4, -0.2) is 61.3 Å². The molecule has 1 saturated heterocycles. The first kappa shape index (κ1) is 23.5. The summed E-state index contributed by atoms with van der Waals surface area (Å²) in [4.78, 5) is 34.5. The first-order valence-electron chi connectivity index (χ1n) is 11.4. The highest BCUT2D eigenvalue weighted by molar-refractivity contribution is 7.71. The Morgan fingerprint density at radius 1 is 1.14 bits per heavy atom. The van der Waals surface area contributed by atoms with Gasteiger partial charge >= 0.3 is 6.09 Å². The van der Waals surface area contributed by atoms with Crippen molar-refractivity contribution in [2.75, 3.05) is 13.1 Å². The van der Waals surface area contributed by atoms with Gasteiger partial charge in [0, 0.05) is 35.3 Å². The molecule has 1 fully saturated rings. The molecular weight excluding hydrogens is 480 g/mol. The standard InChI is InChI=1S/C25H24N6O4S/c1-14-10-16(18-4-2-3-5-20(18)26-14)13-35-17-8-6-15(7-9-17)23(32)27-21-12-31(25(33)34)11-19(21)22-28-24(36)30-29-22/h2-10,19,21H,11-13H2,1H3,(H,27,32)(H,33,34)(H2,28,29,30,36). The summed E-state index contributed by atoms with van der Waals surface area (Å²) < 4.78 is 6.26. The Labute approximate surface area is 211 Å². The first-order chi connectivity index (χ1) is 17.4. The van der Waals surface area contributed by atoms with Gasteiger partial charge in [-0.25, -0.2) is 9.78 Å². The van der Waals surface area contributed by atoms with E-state index >= 15 is 0 Å². The zero-order chi connectivity index (χ0) is 25.2. The molecule has 1 aliphatic rings. The molecule has 4 aromatic rings. The molecule has 2 amide bonds. The van der Waals surface area contributed by atoms with Crippen molar-refractivity contribution in [3.8, 4) is 5.75 Å². The number of nitrogens with one attached hydrogen (secondary N) is 3. The number of carbonyl (C=O) groups is 2. The van der Waals surface area contributed by atoms with Crippen molar-refractivity contribution < 1.29 is 19.4 Å². The van der Waals surface area contributed by atoms with Gasteiger partial charge in [-0.2, -0.15) is 0 Å². The smallest absolute Gasteiger partial charge is 0.407 e. The molecule has 0 saturated carbocycles. The average molecular weight is 505 g/mol. The average Bonchev–Trinajstić information content (AvgIpc) is 3.49. The monoisotopic (exact) mass is 504 g/mol. The van der Waals surface area contributed by atoms with Crippen LogP contribution in [0.25, 0.3) is 10.9 Å². The van der Waals surface area contributed by atoms with E-state index in [1.807, 2.05) is 37.3 Å². The number of carboxylic acid groups (broad SMARTS) is 1. The van der Waals surface area contributed by atoms with Gasteiger partial charge in [-0.1, -0.05) is 18.2 Å². The predicted molar refractivity (Wildman–Crippen MR) is 135 cm³/mol. The molecule has 0 radical (unpaired) electrons. The number of amides is 2. The third-order valence-corrected chi connectivity index (χ3v) is 6.41. The molecule has 0 spiro atoms. The number of aromatic amines is 2. The summed E-state index contributed by atoms with van der Waals surface area (Å²) in [6.45, 7) is 2.68. The zero-order valence-corrected chi connectivity index (χ0v) is 20.2. The molecule has 5 rings (SSSR count). The summed E-state index contributed by atoms with van der Waals surface area (Å²) in [7, 11) is 0. The van der Waals surface area contributed by atoms with E-state index in [4.69, 9.17) is 17.0 Å². The van der Waals surface area contributed by atoms with E-state index in [9.17, 15) is 14.7 Å². The fraction of sp³-hybridized carbons (Fsp3) is 0.240. The molecule has 184 valence electrons. The first-order valence-corrected chi connectivity index (χ1v) is 11.8. The van der Waals surface area contributed by atoms with Crippen LogP contribution in [0.15, 0.2) is 54.6 Å². The van der Waals surface area contributed by atoms with Gasteiger partial charge in [0.05, 0.1) is 17.5 Å². The number of hydrogen-bond donors (Lipinski definition) is 4. The van der Waals surface area contributed by atoms with Crippen LogP contribution in [0, 0.1) is 11.7 Å². The highest BCUT2D eigenvalue weighted by Gasteiger charge is 2.39. The third kappa shape index (κ3) is 4.91. The quantitative estimate of drug-likeness (QED) is 0.293. The third-order valence-electron chi connectivity index (χ3n) is 6.22. The van der Waals surface area contributed by atoms with E-state index in [1.165, 1.54) is 4.90 Å². The van der Waals surface area contributed by atoms with Gasteiger partial charge in [0.2, 0.25) is 4.77 Å².